The van der Waals surface area contributed by atoms with Crippen LogP contribution in [-0.4, -0.2) is 46.3 Å². The van der Waals surface area contributed by atoms with Crippen molar-refractivity contribution >= 4 is 57.5 Å². The summed E-state index contributed by atoms with van der Waals surface area (Å²) in [4.78, 5) is 23.3. The van der Waals surface area contributed by atoms with Gasteiger partial charge in [-0.2, -0.15) is 0 Å². The molecular formula is C33H31Cl2F3N4O2. The number of pyridine rings is 2. The first kappa shape index (κ1) is 32.8. The molecular weight excluding hydrogens is 612 g/mol. The molecule has 1 fully saturated rings. The molecule has 6 nitrogen and oxygen atoms in total. The van der Waals surface area contributed by atoms with E-state index in [9.17, 15) is 18.0 Å². The molecule has 230 valence electrons. The van der Waals surface area contributed by atoms with Crippen LogP contribution >= 0.6 is 24.0 Å². The zero-order valence-corrected chi connectivity index (χ0v) is 25.6. The summed E-state index contributed by atoms with van der Waals surface area (Å²) in [6, 6.07) is 25.3. The van der Waals surface area contributed by atoms with E-state index in [2.05, 4.69) is 20.0 Å². The first-order chi connectivity index (χ1) is 20.5. The maximum Gasteiger partial charge on any atom is 0.573 e. The number of rotatable bonds is 5. The van der Waals surface area contributed by atoms with Crippen LogP contribution in [0.1, 0.15) is 23.1 Å². The number of anilines is 1. The second-order valence-corrected chi connectivity index (χ2v) is 10.8. The van der Waals surface area contributed by atoms with Gasteiger partial charge in [0, 0.05) is 29.9 Å². The Morgan fingerprint density at radius 3 is 2.16 bits per heavy atom. The lowest BCUT2D eigenvalue weighted by molar-refractivity contribution is -0.274. The van der Waals surface area contributed by atoms with E-state index in [1.807, 2.05) is 74.5 Å². The molecule has 1 saturated heterocycles. The Balaban J connectivity index is 0.000000284. The van der Waals surface area contributed by atoms with Crippen molar-refractivity contribution in [3.63, 3.8) is 0 Å². The molecule has 1 aliphatic heterocycles. The van der Waals surface area contributed by atoms with Crippen molar-refractivity contribution in [2.75, 3.05) is 18.4 Å². The van der Waals surface area contributed by atoms with Crippen molar-refractivity contribution in [1.82, 2.24) is 14.9 Å². The Labute approximate surface area is 264 Å². The Hall–Kier alpha value is -4.08. The maximum atomic E-state index is 12.6. The van der Waals surface area contributed by atoms with Gasteiger partial charge in [-0.1, -0.05) is 60.1 Å². The molecule has 1 N–H and O–H groups in total. The lowest BCUT2D eigenvalue weighted by Gasteiger charge is -2.18. The van der Waals surface area contributed by atoms with Crippen LogP contribution in [-0.2, 0) is 11.2 Å². The van der Waals surface area contributed by atoms with Crippen LogP contribution in [0, 0.1) is 13.8 Å². The normalized spacial score (nSPS) is 14.5. The predicted octanol–water partition coefficient (Wildman–Crippen LogP) is 8.32. The molecule has 1 amide bonds. The monoisotopic (exact) mass is 642 g/mol. The summed E-state index contributed by atoms with van der Waals surface area (Å²) >= 11 is 5.81. The number of aromatic nitrogens is 2. The summed E-state index contributed by atoms with van der Waals surface area (Å²) in [6.07, 6.45) is -3.79. The molecule has 11 heteroatoms. The molecule has 44 heavy (non-hydrogen) atoms. The van der Waals surface area contributed by atoms with Crippen LogP contribution in [0.15, 0.2) is 84.9 Å². The maximum absolute atomic E-state index is 12.6. The van der Waals surface area contributed by atoms with Gasteiger partial charge >= 0.3 is 6.36 Å². The smallest absolute Gasteiger partial charge is 0.406 e. The highest BCUT2D eigenvalue weighted by atomic mass is 35.5. The van der Waals surface area contributed by atoms with Crippen molar-refractivity contribution in [3.8, 4) is 5.75 Å². The van der Waals surface area contributed by atoms with Crippen molar-refractivity contribution in [3.05, 3.63) is 107 Å². The molecule has 1 aliphatic rings. The molecule has 0 bridgehead atoms. The summed E-state index contributed by atoms with van der Waals surface area (Å²) in [5.74, 6) is 0.430. The summed E-state index contributed by atoms with van der Waals surface area (Å²) in [7, 11) is 0. The highest BCUT2D eigenvalue weighted by Crippen LogP contribution is 2.25. The zero-order chi connectivity index (χ0) is 30.6. The standard InChI is InChI=1S/C23H22F3N3O2.C10H8ClN.ClH/c1-15-12-21(28-20-5-3-2-4-19(15)20)27-17-10-11-29(14-17)22(30)13-16-6-8-18(9-7-16)31-23(24,25)26;1-7-6-10(11)12-9-5-3-2-4-8(7)9;/h2-9,12,17H,10-11,13-14H2,1H3,(H,27,28);2-6H,1H3;1H/t17-;;/m0../s1. The number of nitrogens with zero attached hydrogens (tertiary/aromatic N) is 3. The Morgan fingerprint density at radius 1 is 0.932 bits per heavy atom. The van der Waals surface area contributed by atoms with Gasteiger partial charge in [0.2, 0.25) is 5.91 Å². The third-order valence-electron chi connectivity index (χ3n) is 7.22. The minimum atomic E-state index is -4.73. The van der Waals surface area contributed by atoms with E-state index < -0.39 is 6.36 Å². The molecule has 3 heterocycles. The molecule has 0 aliphatic carbocycles. The van der Waals surface area contributed by atoms with Gasteiger partial charge in [0.05, 0.1) is 17.5 Å². The fourth-order valence-corrected chi connectivity index (χ4v) is 5.40. The molecule has 5 aromatic rings. The van der Waals surface area contributed by atoms with Crippen molar-refractivity contribution in [2.45, 2.75) is 39.1 Å². The number of para-hydroxylation sites is 2. The van der Waals surface area contributed by atoms with Gasteiger partial charge in [0.25, 0.3) is 0 Å². The minimum Gasteiger partial charge on any atom is -0.406 e. The molecule has 2 aromatic heterocycles. The van der Waals surface area contributed by atoms with Gasteiger partial charge in [-0.15, -0.1) is 25.6 Å². The van der Waals surface area contributed by atoms with Gasteiger partial charge < -0.3 is 15.0 Å². The Morgan fingerprint density at radius 2 is 1.52 bits per heavy atom. The number of hydrogen-bond donors (Lipinski definition) is 1. The summed E-state index contributed by atoms with van der Waals surface area (Å²) in [6.45, 7) is 5.26. The van der Waals surface area contributed by atoms with Gasteiger partial charge in [-0.3, -0.25) is 4.79 Å². The van der Waals surface area contributed by atoms with Crippen molar-refractivity contribution < 1.29 is 22.7 Å². The highest BCUT2D eigenvalue weighted by Gasteiger charge is 2.31. The first-order valence-corrected chi connectivity index (χ1v) is 14.2. The van der Waals surface area contributed by atoms with E-state index in [4.69, 9.17) is 11.6 Å². The number of benzene rings is 3. The number of alkyl halides is 3. The number of likely N-dealkylation sites (tertiary alicyclic amines) is 1. The van der Waals surface area contributed by atoms with E-state index in [1.54, 1.807) is 4.90 Å². The van der Waals surface area contributed by atoms with Gasteiger partial charge in [-0.05, 0) is 73.4 Å². The number of amides is 1. The van der Waals surface area contributed by atoms with Crippen LogP contribution in [0.4, 0.5) is 19.0 Å². The van der Waals surface area contributed by atoms with E-state index in [-0.39, 0.29) is 36.5 Å². The first-order valence-electron chi connectivity index (χ1n) is 13.8. The second-order valence-electron chi connectivity index (χ2n) is 10.5. The van der Waals surface area contributed by atoms with Crippen molar-refractivity contribution in [2.24, 2.45) is 0 Å². The molecule has 1 atom stereocenters. The summed E-state index contributed by atoms with van der Waals surface area (Å²) in [5, 5.41) is 6.27. The number of halogens is 5. The molecule has 0 unspecified atom stereocenters. The van der Waals surface area contributed by atoms with Gasteiger partial charge in [0.1, 0.15) is 16.7 Å². The van der Waals surface area contributed by atoms with Gasteiger partial charge in [0.15, 0.2) is 0 Å². The number of nitrogens with one attached hydrogen (secondary N) is 1. The summed E-state index contributed by atoms with van der Waals surface area (Å²) in [5.41, 5.74) is 4.83. The number of aryl methyl sites for hydroxylation is 2. The van der Waals surface area contributed by atoms with E-state index >= 15 is 0 Å². The van der Waals surface area contributed by atoms with Crippen LogP contribution in [0.3, 0.4) is 0 Å². The SMILES string of the molecule is Cc1cc(Cl)nc2ccccc12.Cc1cc(N[C@H]2CCN(C(=O)Cc3ccc(OC(F)(F)F)cc3)C2)nc2ccccc12.Cl. The van der Waals surface area contributed by atoms with Crippen LogP contribution in [0.2, 0.25) is 5.15 Å². The third-order valence-corrected chi connectivity index (χ3v) is 7.41. The number of carbonyl (C=O) groups is 1. The summed E-state index contributed by atoms with van der Waals surface area (Å²) < 4.78 is 40.6. The van der Waals surface area contributed by atoms with Gasteiger partial charge in [-0.25, -0.2) is 9.97 Å². The third kappa shape index (κ3) is 8.51. The molecule has 0 saturated carbocycles. The lowest BCUT2D eigenvalue weighted by atomic mass is 10.1. The van der Waals surface area contributed by atoms with E-state index in [0.717, 1.165) is 34.2 Å². The Bertz CT molecular complexity index is 1750. The number of fused-ring (bicyclic) bond motifs is 2. The number of hydrogen-bond acceptors (Lipinski definition) is 5. The van der Waals surface area contributed by atoms with E-state index in [1.165, 1.54) is 35.2 Å². The zero-order valence-electron chi connectivity index (χ0n) is 24.1. The average molecular weight is 644 g/mol. The molecule has 6 rings (SSSR count). The fraction of sp³-hybridized carbons (Fsp3) is 0.242. The van der Waals surface area contributed by atoms with Crippen LogP contribution in [0.25, 0.3) is 21.8 Å². The van der Waals surface area contributed by atoms with Crippen LogP contribution < -0.4 is 10.1 Å². The second kappa shape index (κ2) is 14.1. The quantitative estimate of drug-likeness (QED) is 0.195. The number of carbonyl (C=O) groups excluding carboxylic acids is 1. The topological polar surface area (TPSA) is 67.4 Å². The van der Waals surface area contributed by atoms with E-state index in [0.29, 0.717) is 23.8 Å². The highest BCUT2D eigenvalue weighted by molar-refractivity contribution is 6.29. The van der Waals surface area contributed by atoms with Crippen LogP contribution in [0.5, 0.6) is 5.75 Å². The average Bonchev–Trinajstić information content (AvgIpc) is 3.42. The fourth-order valence-electron chi connectivity index (χ4n) is 5.14. The largest absolute Gasteiger partial charge is 0.573 e. The Kier molecular flexibility index (Phi) is 10.5. The van der Waals surface area contributed by atoms with Crippen molar-refractivity contribution in [1.29, 1.82) is 0 Å². The lowest BCUT2D eigenvalue weighted by Crippen LogP contribution is -2.32. The molecule has 0 radical (unpaired) electrons. The molecule has 0 spiro atoms. The molecule has 3 aromatic carbocycles. The number of ether oxygens (including phenoxy) is 1. The predicted molar refractivity (Wildman–Crippen MR) is 171 cm³/mol. The minimum absolute atomic E-state index is 0.